The molecule has 0 bridgehead atoms. The van der Waals surface area contributed by atoms with Gasteiger partial charge in [-0.25, -0.2) is 16.8 Å². The number of benzene rings is 3. The molecule has 8 nitrogen and oxygen atoms in total. The van der Waals surface area contributed by atoms with Gasteiger partial charge in [-0.3, -0.25) is 9.10 Å². The molecule has 0 aromatic heterocycles. The van der Waals surface area contributed by atoms with Crippen molar-refractivity contribution >= 4 is 31.5 Å². The van der Waals surface area contributed by atoms with Gasteiger partial charge in [-0.2, -0.15) is 0 Å². The lowest BCUT2D eigenvalue weighted by Crippen LogP contribution is -2.42. The Hall–Kier alpha value is -3.37. The van der Waals surface area contributed by atoms with E-state index >= 15 is 0 Å². The summed E-state index contributed by atoms with van der Waals surface area (Å²) in [5.74, 6) is -0.210. The van der Waals surface area contributed by atoms with Crippen molar-refractivity contribution in [3.8, 4) is 5.75 Å². The van der Waals surface area contributed by atoms with Crippen molar-refractivity contribution in [3.05, 3.63) is 84.4 Å². The molecule has 0 saturated heterocycles. The van der Waals surface area contributed by atoms with Gasteiger partial charge in [0.15, 0.2) is 9.84 Å². The largest absolute Gasteiger partial charge is 0.495 e. The number of nitrogens with zero attached hydrogens (tertiary/aromatic N) is 1. The van der Waals surface area contributed by atoms with Gasteiger partial charge in [0.1, 0.15) is 12.3 Å². The molecule has 3 aromatic rings. The second-order valence-corrected chi connectivity index (χ2v) is 11.7. The topological polar surface area (TPSA) is 110 Å². The molecular weight excluding hydrogens is 488 g/mol. The number of amides is 1. The van der Waals surface area contributed by atoms with Gasteiger partial charge < -0.3 is 10.1 Å². The fraction of sp³-hybridized carbons (Fsp3) is 0.240. The molecule has 0 aliphatic heterocycles. The third kappa shape index (κ3) is 6.20. The average Bonchev–Trinajstić information content (AvgIpc) is 2.86. The zero-order valence-electron chi connectivity index (χ0n) is 19.7. The first-order chi connectivity index (χ1) is 16.6. The van der Waals surface area contributed by atoms with Crippen molar-refractivity contribution in [2.24, 2.45) is 0 Å². The summed E-state index contributed by atoms with van der Waals surface area (Å²) in [6, 6.07) is 20.3. The molecule has 3 rings (SSSR count). The van der Waals surface area contributed by atoms with Crippen LogP contribution in [0.4, 0.5) is 5.69 Å². The number of sulfonamides is 1. The second kappa shape index (κ2) is 10.9. The molecule has 1 amide bonds. The highest BCUT2D eigenvalue weighted by atomic mass is 32.2. The van der Waals surface area contributed by atoms with Crippen LogP contribution in [0.3, 0.4) is 0 Å². The molecule has 1 unspecified atom stereocenters. The maximum atomic E-state index is 13.5. The zero-order valence-corrected chi connectivity index (χ0v) is 21.3. The van der Waals surface area contributed by atoms with Crippen LogP contribution in [0.2, 0.25) is 0 Å². The van der Waals surface area contributed by atoms with E-state index in [1.54, 1.807) is 54.6 Å². The molecule has 186 valence electrons. The number of anilines is 1. The SMILES string of the molecule is CCC(NC(=O)CN(c1ccccc1OC)S(=O)(=O)c1ccccc1)c1ccc(S(C)(=O)=O)cc1. The molecule has 0 aliphatic rings. The van der Waals surface area contributed by atoms with Gasteiger partial charge in [0, 0.05) is 6.26 Å². The first kappa shape index (κ1) is 26.2. The van der Waals surface area contributed by atoms with Crippen molar-refractivity contribution in [1.82, 2.24) is 5.32 Å². The smallest absolute Gasteiger partial charge is 0.264 e. The van der Waals surface area contributed by atoms with Crippen LogP contribution in [0.15, 0.2) is 88.7 Å². The minimum atomic E-state index is -4.09. The van der Waals surface area contributed by atoms with Gasteiger partial charge in [0.05, 0.1) is 28.6 Å². The minimum Gasteiger partial charge on any atom is -0.495 e. The third-order valence-electron chi connectivity index (χ3n) is 5.43. The van der Waals surface area contributed by atoms with Crippen LogP contribution in [-0.2, 0) is 24.7 Å². The molecule has 10 heteroatoms. The Morgan fingerprint density at radius 1 is 0.886 bits per heavy atom. The molecule has 35 heavy (non-hydrogen) atoms. The van der Waals surface area contributed by atoms with E-state index in [0.29, 0.717) is 17.7 Å². The predicted octanol–water partition coefficient (Wildman–Crippen LogP) is 3.56. The van der Waals surface area contributed by atoms with Crippen LogP contribution < -0.4 is 14.4 Å². The summed E-state index contributed by atoms with van der Waals surface area (Å²) in [6.45, 7) is 1.39. The number of nitrogens with one attached hydrogen (secondary N) is 1. The molecule has 0 heterocycles. The van der Waals surface area contributed by atoms with E-state index in [0.717, 1.165) is 10.6 Å². The molecule has 0 fully saturated rings. The Balaban J connectivity index is 1.91. The van der Waals surface area contributed by atoms with Gasteiger partial charge >= 0.3 is 0 Å². The fourth-order valence-corrected chi connectivity index (χ4v) is 5.68. The van der Waals surface area contributed by atoms with E-state index in [1.807, 2.05) is 6.92 Å². The standard InChI is InChI=1S/C25H28N2O6S2/c1-4-22(19-14-16-20(17-15-19)34(3,29)30)26-25(28)18-27(23-12-8-9-13-24(23)33-2)35(31,32)21-10-6-5-7-11-21/h5-17,22H,4,18H2,1-3H3,(H,26,28). The van der Waals surface area contributed by atoms with E-state index < -0.39 is 38.4 Å². The Labute approximate surface area is 206 Å². The monoisotopic (exact) mass is 516 g/mol. The Bertz CT molecular complexity index is 1370. The minimum absolute atomic E-state index is 0.0436. The average molecular weight is 517 g/mol. The number of carbonyl (C=O) groups excluding carboxylic acids is 1. The number of hydrogen-bond donors (Lipinski definition) is 1. The second-order valence-electron chi connectivity index (χ2n) is 7.87. The van der Waals surface area contributed by atoms with E-state index in [2.05, 4.69) is 5.32 Å². The molecule has 1 atom stereocenters. The molecule has 0 saturated carbocycles. The van der Waals surface area contributed by atoms with Gasteiger partial charge in [0.2, 0.25) is 5.91 Å². The van der Waals surface area contributed by atoms with Crippen molar-refractivity contribution in [2.45, 2.75) is 29.2 Å². The summed E-state index contributed by atoms with van der Waals surface area (Å²) < 4.78 is 56.9. The molecular formula is C25H28N2O6S2. The number of ether oxygens (including phenoxy) is 1. The summed E-state index contributed by atoms with van der Waals surface area (Å²) in [4.78, 5) is 13.3. The number of sulfone groups is 1. The normalized spacial score (nSPS) is 12.5. The van der Waals surface area contributed by atoms with Crippen LogP contribution in [-0.4, -0.2) is 42.7 Å². The van der Waals surface area contributed by atoms with Crippen LogP contribution in [0.25, 0.3) is 0 Å². The Kier molecular flexibility index (Phi) is 8.18. The van der Waals surface area contributed by atoms with Gasteiger partial charge in [-0.15, -0.1) is 0 Å². The Morgan fingerprint density at radius 3 is 2.06 bits per heavy atom. The van der Waals surface area contributed by atoms with Crippen molar-refractivity contribution in [1.29, 1.82) is 0 Å². The number of para-hydroxylation sites is 2. The van der Waals surface area contributed by atoms with E-state index in [9.17, 15) is 21.6 Å². The maximum Gasteiger partial charge on any atom is 0.264 e. The molecule has 0 aliphatic carbocycles. The van der Waals surface area contributed by atoms with Crippen LogP contribution in [0, 0.1) is 0 Å². The Morgan fingerprint density at radius 2 is 1.49 bits per heavy atom. The van der Waals surface area contributed by atoms with Crippen LogP contribution >= 0.6 is 0 Å². The first-order valence-electron chi connectivity index (χ1n) is 10.9. The summed E-state index contributed by atoms with van der Waals surface area (Å²) in [7, 11) is -6.00. The first-order valence-corrected chi connectivity index (χ1v) is 14.2. The van der Waals surface area contributed by atoms with Crippen LogP contribution in [0.1, 0.15) is 24.9 Å². The lowest BCUT2D eigenvalue weighted by Gasteiger charge is -2.27. The fourth-order valence-electron chi connectivity index (χ4n) is 3.59. The highest BCUT2D eigenvalue weighted by Gasteiger charge is 2.29. The lowest BCUT2D eigenvalue weighted by atomic mass is 10.0. The van der Waals surface area contributed by atoms with E-state index in [-0.39, 0.29) is 15.5 Å². The molecule has 1 N–H and O–H groups in total. The molecule has 0 spiro atoms. The van der Waals surface area contributed by atoms with E-state index in [1.165, 1.54) is 31.4 Å². The zero-order chi connectivity index (χ0) is 25.6. The molecule has 3 aromatic carbocycles. The van der Waals surface area contributed by atoms with Crippen LogP contribution in [0.5, 0.6) is 5.75 Å². The predicted molar refractivity (Wildman–Crippen MR) is 135 cm³/mol. The summed E-state index contributed by atoms with van der Waals surface area (Å²) in [6.07, 6.45) is 1.64. The highest BCUT2D eigenvalue weighted by Crippen LogP contribution is 2.32. The maximum absolute atomic E-state index is 13.5. The number of methoxy groups -OCH3 is 1. The summed E-state index contributed by atoms with van der Waals surface area (Å²) in [5, 5.41) is 2.87. The van der Waals surface area contributed by atoms with Crippen molar-refractivity contribution in [2.75, 3.05) is 24.2 Å². The molecule has 0 radical (unpaired) electrons. The third-order valence-corrected chi connectivity index (χ3v) is 8.33. The highest BCUT2D eigenvalue weighted by molar-refractivity contribution is 7.93. The van der Waals surface area contributed by atoms with E-state index in [4.69, 9.17) is 4.74 Å². The number of carbonyl (C=O) groups is 1. The van der Waals surface area contributed by atoms with Crippen molar-refractivity contribution in [3.63, 3.8) is 0 Å². The van der Waals surface area contributed by atoms with Gasteiger partial charge in [-0.05, 0) is 48.4 Å². The number of hydrogen-bond acceptors (Lipinski definition) is 6. The van der Waals surface area contributed by atoms with Gasteiger partial charge in [0.25, 0.3) is 10.0 Å². The summed E-state index contributed by atoms with van der Waals surface area (Å²) >= 11 is 0. The quantitative estimate of drug-likeness (QED) is 0.441. The lowest BCUT2D eigenvalue weighted by molar-refractivity contribution is -0.120. The number of rotatable bonds is 10. The summed E-state index contributed by atoms with van der Waals surface area (Å²) in [5.41, 5.74) is 0.947. The van der Waals surface area contributed by atoms with Gasteiger partial charge in [-0.1, -0.05) is 49.4 Å². The van der Waals surface area contributed by atoms with Crippen molar-refractivity contribution < 1.29 is 26.4 Å².